The van der Waals surface area contributed by atoms with Gasteiger partial charge in [-0.3, -0.25) is 4.79 Å². The SMILES string of the molecule is C.Cc1ccc(S(=O)(=O)N(CC(=O)O)[C@]2(C)CCc3cc(CO)c(CO)cc3[C@H]2c2cccc(C)c2)cc1.Cc1ccc(S(=O)(=O)N2Cc3ccc(C)cc3[C@@H]3c4cc(CO)c(CO)cc4CC[C@]32C)cc1.Cc1ccc2c(c1)[C@@H]1c3cc(CO)c(CO)cc3CC[C@@]1(C)NC2. The summed E-state index contributed by atoms with van der Waals surface area (Å²) in [6.07, 6.45) is 4.35. The predicted molar refractivity (Wildman–Crippen MR) is 374 cm³/mol. The van der Waals surface area contributed by atoms with Gasteiger partial charge in [0.05, 0.1) is 49.4 Å². The molecule has 0 saturated heterocycles. The number of aryl methyl sites for hydroxylation is 8. The molecule has 0 bridgehead atoms. The van der Waals surface area contributed by atoms with E-state index in [1.807, 2.05) is 100 Å². The van der Waals surface area contributed by atoms with Crippen molar-refractivity contribution in [2.45, 2.75) is 198 Å². The van der Waals surface area contributed by atoms with Crippen LogP contribution in [0.15, 0.2) is 155 Å². The van der Waals surface area contributed by atoms with Crippen LogP contribution in [-0.2, 0) is 96.8 Å². The highest BCUT2D eigenvalue weighted by Gasteiger charge is 2.54. The number of benzene rings is 8. The third-order valence-electron chi connectivity index (χ3n) is 21.2. The van der Waals surface area contributed by atoms with Crippen molar-refractivity contribution in [1.29, 1.82) is 0 Å². The summed E-state index contributed by atoms with van der Waals surface area (Å²) < 4.78 is 59.0. The first-order valence-corrected chi connectivity index (χ1v) is 35.6. The summed E-state index contributed by atoms with van der Waals surface area (Å²) in [5.41, 5.74) is 20.3. The Balaban J connectivity index is 0.000000159. The van der Waals surface area contributed by atoms with Crippen LogP contribution in [0.3, 0.4) is 0 Å². The lowest BCUT2D eigenvalue weighted by atomic mass is 9.64. The normalized spacial score (nSPS) is 21.6. The molecule has 0 aromatic heterocycles. The van der Waals surface area contributed by atoms with Crippen LogP contribution >= 0.6 is 0 Å². The molecule has 0 amide bonds. The summed E-state index contributed by atoms with van der Waals surface area (Å²) in [4.78, 5) is 12.4. The van der Waals surface area contributed by atoms with Gasteiger partial charge in [-0.1, -0.05) is 157 Å². The third kappa shape index (κ3) is 13.3. The Hall–Kier alpha value is -7.23. The van der Waals surface area contributed by atoms with E-state index in [0.717, 1.165) is 102 Å². The summed E-state index contributed by atoms with van der Waals surface area (Å²) in [5, 5.41) is 72.6. The summed E-state index contributed by atoms with van der Waals surface area (Å²) in [6, 6.07) is 46.2. The topological polar surface area (TPSA) is 245 Å². The third-order valence-corrected chi connectivity index (χ3v) is 25.2. The lowest BCUT2D eigenvalue weighted by molar-refractivity contribution is -0.138. The van der Waals surface area contributed by atoms with E-state index in [0.29, 0.717) is 59.7 Å². The van der Waals surface area contributed by atoms with Crippen molar-refractivity contribution in [1.82, 2.24) is 13.9 Å². The van der Waals surface area contributed by atoms with Crippen LogP contribution in [0.4, 0.5) is 0 Å². The van der Waals surface area contributed by atoms with E-state index in [1.165, 1.54) is 39.9 Å². The molecule has 0 saturated carbocycles. The molecule has 96 heavy (non-hydrogen) atoms. The number of hydrogen-bond donors (Lipinski definition) is 8. The van der Waals surface area contributed by atoms with Crippen molar-refractivity contribution in [3.05, 3.63) is 268 Å². The molecule has 508 valence electrons. The summed E-state index contributed by atoms with van der Waals surface area (Å²) in [5.74, 6) is -1.62. The molecule has 8 aromatic rings. The van der Waals surface area contributed by atoms with Crippen LogP contribution < -0.4 is 5.32 Å². The number of aliphatic hydroxyl groups is 6. The highest BCUT2D eigenvalue weighted by atomic mass is 32.2. The number of aliphatic carboxylic acids is 1. The first kappa shape index (κ1) is 71.5. The largest absolute Gasteiger partial charge is 0.480 e. The van der Waals surface area contributed by atoms with Gasteiger partial charge in [-0.15, -0.1) is 0 Å². The van der Waals surface area contributed by atoms with Crippen LogP contribution in [0.25, 0.3) is 0 Å². The van der Waals surface area contributed by atoms with Gasteiger partial charge in [0, 0.05) is 47.5 Å². The average molecular weight is 1340 g/mol. The molecule has 2 heterocycles. The number of carboxylic acid groups (broad SMARTS) is 1. The molecule has 6 atom stereocenters. The quantitative estimate of drug-likeness (QED) is 0.0506. The Kier molecular flexibility index (Phi) is 21.1. The van der Waals surface area contributed by atoms with Crippen LogP contribution in [0, 0.1) is 34.6 Å². The highest BCUT2D eigenvalue weighted by Crippen LogP contribution is 2.55. The van der Waals surface area contributed by atoms with Gasteiger partial charge in [-0.05, 0) is 213 Å². The van der Waals surface area contributed by atoms with Crippen LogP contribution in [0.1, 0.15) is 188 Å². The first-order chi connectivity index (χ1) is 45.2. The predicted octanol–water partition coefficient (Wildman–Crippen LogP) is 11.8. The molecule has 0 spiro atoms. The van der Waals surface area contributed by atoms with E-state index < -0.39 is 49.6 Å². The number of nitrogens with one attached hydrogen (secondary N) is 1. The monoisotopic (exact) mass is 1340 g/mol. The molecule has 8 aromatic carbocycles. The van der Waals surface area contributed by atoms with Gasteiger partial charge in [0.1, 0.15) is 6.54 Å². The Bertz CT molecular complexity index is 4460. The summed E-state index contributed by atoms with van der Waals surface area (Å²) >= 11 is 0. The summed E-state index contributed by atoms with van der Waals surface area (Å²) in [7, 11) is -7.94. The molecule has 17 heteroatoms. The van der Waals surface area contributed by atoms with Gasteiger partial charge in [0.15, 0.2) is 0 Å². The number of fused-ring (bicyclic) bond motifs is 11. The van der Waals surface area contributed by atoms with E-state index in [-0.39, 0.29) is 63.4 Å². The highest BCUT2D eigenvalue weighted by molar-refractivity contribution is 7.89. The molecule has 8 N–H and O–H groups in total. The second-order valence-electron chi connectivity index (χ2n) is 27.6. The zero-order valence-corrected chi connectivity index (χ0v) is 57.2. The molecule has 3 aliphatic carbocycles. The smallest absolute Gasteiger partial charge is 0.318 e. The maximum Gasteiger partial charge on any atom is 0.318 e. The molecule has 2 aliphatic heterocycles. The molecule has 0 unspecified atom stereocenters. The van der Waals surface area contributed by atoms with Crippen molar-refractivity contribution in [3.8, 4) is 0 Å². The van der Waals surface area contributed by atoms with E-state index in [2.05, 4.69) is 69.4 Å². The van der Waals surface area contributed by atoms with Crippen LogP contribution in [-0.4, -0.2) is 90.3 Å². The molecular formula is C79H93N3O12S2. The number of rotatable bonds is 14. The van der Waals surface area contributed by atoms with Crippen LogP contribution in [0.2, 0.25) is 0 Å². The van der Waals surface area contributed by atoms with Crippen LogP contribution in [0.5, 0.6) is 0 Å². The van der Waals surface area contributed by atoms with Gasteiger partial charge >= 0.3 is 5.97 Å². The van der Waals surface area contributed by atoms with E-state index in [1.54, 1.807) is 28.6 Å². The number of hydrogen-bond acceptors (Lipinski definition) is 12. The molecule has 13 rings (SSSR count). The molecular weight excluding hydrogens is 1250 g/mol. The van der Waals surface area contributed by atoms with Crippen molar-refractivity contribution in [3.63, 3.8) is 0 Å². The Morgan fingerprint density at radius 2 is 0.896 bits per heavy atom. The number of aliphatic hydroxyl groups excluding tert-OH is 6. The fourth-order valence-corrected chi connectivity index (χ4v) is 19.5. The van der Waals surface area contributed by atoms with Crippen molar-refractivity contribution < 1.29 is 57.4 Å². The van der Waals surface area contributed by atoms with Crippen molar-refractivity contribution >= 4 is 26.0 Å². The van der Waals surface area contributed by atoms with Gasteiger partial charge in [0.2, 0.25) is 20.0 Å². The maximum atomic E-state index is 14.1. The van der Waals surface area contributed by atoms with Crippen molar-refractivity contribution in [2.75, 3.05) is 6.54 Å². The van der Waals surface area contributed by atoms with E-state index >= 15 is 0 Å². The Labute approximate surface area is 566 Å². The lowest BCUT2D eigenvalue weighted by Gasteiger charge is -2.53. The second kappa shape index (κ2) is 28.3. The van der Waals surface area contributed by atoms with Gasteiger partial charge in [0.25, 0.3) is 0 Å². The molecule has 0 radical (unpaired) electrons. The second-order valence-corrected chi connectivity index (χ2v) is 31.3. The minimum absolute atomic E-state index is 0. The fourth-order valence-electron chi connectivity index (χ4n) is 16.0. The Morgan fingerprint density at radius 3 is 1.40 bits per heavy atom. The van der Waals surface area contributed by atoms with Crippen molar-refractivity contribution in [2.24, 2.45) is 0 Å². The summed E-state index contributed by atoms with van der Waals surface area (Å²) in [6.45, 7) is 15.9. The number of nitrogens with zero attached hydrogens (tertiary/aromatic N) is 2. The van der Waals surface area contributed by atoms with Gasteiger partial charge in [-0.2, -0.15) is 8.61 Å². The van der Waals surface area contributed by atoms with Gasteiger partial charge in [-0.25, -0.2) is 16.8 Å². The first-order valence-electron chi connectivity index (χ1n) is 32.8. The average Bonchev–Trinajstić information content (AvgIpc) is 0.743. The minimum atomic E-state index is -4.19. The van der Waals surface area contributed by atoms with E-state index in [4.69, 9.17) is 0 Å². The zero-order chi connectivity index (χ0) is 68.1. The number of carbonyl (C=O) groups is 1. The molecule has 15 nitrogen and oxygen atoms in total. The standard InChI is InChI=1S/C29H33NO6S.C28H31NO4S.C21H25NO2.CH4/c1-19-7-9-25(10-8-19)37(35,36)30(16-27(33)34)29(3)12-11-21-14-23(17-31)24(18-32)15-26(21)28(29)22-6-4-5-20(2)13-22;1-18-5-8-24(9-6-18)34(32,33)29-15-21-7-4-19(2)12-25(21)27-26-14-23(17-31)22(16-30)13-20(26)10-11-28(27,29)3;1-13-3-4-15-10-22-21(2)6-5-14-8-16(11-23)17(12-24)9-19(14)20(21)18(15)7-13;/h4-10,13-15,28,31-32H,11-12,16-18H2,1-3H3,(H,33,34);4-9,12-14,27,30-31H,10-11,15-17H2,1-3H3;3-4,7-9,20,22-24H,5-6,10-12H2,1-2H3;1H4/t28-,29-;27-,28-;20-,21-;/m111./s1. The number of carboxylic acids is 1. The lowest BCUT2D eigenvalue weighted by Crippen LogP contribution is -2.57. The van der Waals surface area contributed by atoms with E-state index in [9.17, 15) is 57.4 Å². The zero-order valence-electron chi connectivity index (χ0n) is 55.6. The fraction of sp³-hybridized carbons (Fsp3) is 0.380. The molecule has 5 aliphatic rings. The maximum absolute atomic E-state index is 14.1. The van der Waals surface area contributed by atoms with Gasteiger partial charge < -0.3 is 41.1 Å². The Morgan fingerprint density at radius 1 is 0.479 bits per heavy atom. The molecule has 0 fully saturated rings. The minimum Gasteiger partial charge on any atom is -0.480 e. The number of sulfonamides is 2.